The lowest BCUT2D eigenvalue weighted by molar-refractivity contribution is -0.113. The molecule has 0 atom stereocenters. The van der Waals surface area contributed by atoms with E-state index in [4.69, 9.17) is 12.2 Å². The second-order valence-electron chi connectivity index (χ2n) is 4.64. The Hall–Kier alpha value is -2.12. The second-order valence-corrected chi connectivity index (χ2v) is 6.31. The van der Waals surface area contributed by atoms with E-state index in [1.807, 2.05) is 0 Å². The van der Waals surface area contributed by atoms with Gasteiger partial charge < -0.3 is 0 Å². The number of amides is 1. The summed E-state index contributed by atoms with van der Waals surface area (Å²) in [7, 11) is 0. The van der Waals surface area contributed by atoms with Crippen LogP contribution in [-0.4, -0.2) is 10.2 Å². The monoisotopic (exact) mass is 351 g/mol. The van der Waals surface area contributed by atoms with Gasteiger partial charge in [0, 0.05) is 5.56 Å². The third-order valence-corrected chi connectivity index (χ3v) is 4.45. The van der Waals surface area contributed by atoms with Crippen molar-refractivity contribution >= 4 is 46.0 Å². The van der Waals surface area contributed by atoms with Gasteiger partial charge in [-0.05, 0) is 36.4 Å². The lowest BCUT2D eigenvalue weighted by Crippen LogP contribution is -2.27. The van der Waals surface area contributed by atoms with Crippen molar-refractivity contribution in [1.82, 2.24) is 0 Å². The van der Waals surface area contributed by atoms with Crippen molar-refractivity contribution in [2.45, 2.75) is 0 Å². The molecular weight excluding hydrogens is 343 g/mol. The Labute approximate surface area is 139 Å². The first-order chi connectivity index (χ1) is 11.0. The van der Waals surface area contributed by atoms with Gasteiger partial charge >= 0.3 is 0 Å². The Morgan fingerprint density at radius 1 is 1.04 bits per heavy atom. The maximum Gasteiger partial charge on any atom is 0.270 e. The van der Waals surface area contributed by atoms with E-state index in [0.29, 0.717) is 5.69 Å². The number of thioether (sulfide) groups is 1. The lowest BCUT2D eigenvalue weighted by atomic mass is 10.2. The lowest BCUT2D eigenvalue weighted by Gasteiger charge is -2.14. The largest absolute Gasteiger partial charge is 0.270 e. The van der Waals surface area contributed by atoms with Gasteiger partial charge in [-0.1, -0.05) is 36.1 Å². The van der Waals surface area contributed by atoms with Crippen LogP contribution in [0.4, 0.5) is 18.9 Å². The predicted molar refractivity (Wildman–Crippen MR) is 88.4 cm³/mol. The number of hydrogen-bond donors (Lipinski definition) is 0. The van der Waals surface area contributed by atoms with E-state index in [2.05, 4.69) is 0 Å². The van der Waals surface area contributed by atoms with Crippen molar-refractivity contribution in [3.63, 3.8) is 0 Å². The van der Waals surface area contributed by atoms with E-state index >= 15 is 0 Å². The third kappa shape index (κ3) is 3.02. The molecule has 0 unspecified atom stereocenters. The summed E-state index contributed by atoms with van der Waals surface area (Å²) in [5, 5.41) is 0. The molecule has 0 radical (unpaired) electrons. The minimum absolute atomic E-state index is 0.0374. The van der Waals surface area contributed by atoms with Gasteiger partial charge in [0.05, 0.1) is 10.6 Å². The molecule has 1 heterocycles. The van der Waals surface area contributed by atoms with Crippen LogP contribution < -0.4 is 4.90 Å². The Morgan fingerprint density at radius 2 is 1.74 bits per heavy atom. The molecule has 7 heteroatoms. The van der Waals surface area contributed by atoms with Gasteiger partial charge in [0.15, 0.2) is 16.0 Å². The van der Waals surface area contributed by atoms with E-state index in [1.165, 1.54) is 47.4 Å². The normalized spacial score (nSPS) is 16.5. The SMILES string of the molecule is O=C1C(=Cc2cccc(F)c2F)SC(=S)N1c1ccc(F)cc1. The number of carbonyl (C=O) groups is 1. The zero-order valence-corrected chi connectivity index (χ0v) is 13.1. The number of anilines is 1. The molecule has 3 rings (SSSR count). The van der Waals surface area contributed by atoms with Gasteiger partial charge in [0.2, 0.25) is 0 Å². The molecule has 1 amide bonds. The van der Waals surface area contributed by atoms with E-state index in [1.54, 1.807) is 0 Å². The Balaban J connectivity index is 1.96. The van der Waals surface area contributed by atoms with Crippen molar-refractivity contribution in [3.8, 4) is 0 Å². The van der Waals surface area contributed by atoms with Crippen LogP contribution in [0.1, 0.15) is 5.56 Å². The van der Waals surface area contributed by atoms with Gasteiger partial charge in [0.25, 0.3) is 5.91 Å². The van der Waals surface area contributed by atoms with Crippen molar-refractivity contribution in [3.05, 3.63) is 70.4 Å². The highest BCUT2D eigenvalue weighted by atomic mass is 32.2. The van der Waals surface area contributed by atoms with Crippen molar-refractivity contribution in [2.24, 2.45) is 0 Å². The van der Waals surface area contributed by atoms with E-state index < -0.39 is 23.4 Å². The van der Waals surface area contributed by atoms with Crippen molar-refractivity contribution in [1.29, 1.82) is 0 Å². The standard InChI is InChI=1S/C16H8F3NOS2/c17-10-4-6-11(7-5-10)20-15(21)13(23-16(20)22)8-9-2-1-3-12(18)14(9)19/h1-8H. The fraction of sp³-hybridized carbons (Fsp3) is 0. The maximum atomic E-state index is 13.7. The molecule has 2 aromatic carbocycles. The van der Waals surface area contributed by atoms with Crippen LogP contribution in [-0.2, 0) is 4.79 Å². The number of halogens is 3. The molecule has 0 aliphatic carbocycles. The summed E-state index contributed by atoms with van der Waals surface area (Å²) in [4.78, 5) is 13.8. The zero-order valence-electron chi connectivity index (χ0n) is 11.4. The number of nitrogens with zero attached hydrogens (tertiary/aromatic N) is 1. The summed E-state index contributed by atoms with van der Waals surface area (Å²) in [5.41, 5.74) is 0.377. The average Bonchev–Trinajstić information content (AvgIpc) is 2.79. The minimum atomic E-state index is -1.03. The molecular formula is C16H8F3NOS2. The van der Waals surface area contributed by atoms with Gasteiger partial charge in [0.1, 0.15) is 5.82 Å². The van der Waals surface area contributed by atoms with E-state index in [9.17, 15) is 18.0 Å². The molecule has 2 aromatic rings. The molecule has 1 saturated heterocycles. The summed E-state index contributed by atoms with van der Waals surface area (Å²) in [6, 6.07) is 8.98. The summed E-state index contributed by atoms with van der Waals surface area (Å²) in [5.74, 6) is -2.92. The molecule has 0 N–H and O–H groups in total. The second kappa shape index (κ2) is 6.17. The van der Waals surface area contributed by atoms with Crippen LogP contribution >= 0.6 is 24.0 Å². The fourth-order valence-electron chi connectivity index (χ4n) is 2.05. The van der Waals surface area contributed by atoms with E-state index in [0.717, 1.165) is 17.8 Å². The molecule has 0 aromatic heterocycles. The van der Waals surface area contributed by atoms with E-state index in [-0.39, 0.29) is 14.8 Å². The Morgan fingerprint density at radius 3 is 2.43 bits per heavy atom. The summed E-state index contributed by atoms with van der Waals surface area (Å²) < 4.78 is 40.2. The van der Waals surface area contributed by atoms with Crippen LogP contribution in [0.5, 0.6) is 0 Å². The highest BCUT2D eigenvalue weighted by Gasteiger charge is 2.33. The summed E-state index contributed by atoms with van der Waals surface area (Å²) in [6.45, 7) is 0. The molecule has 1 aliphatic rings. The highest BCUT2D eigenvalue weighted by molar-refractivity contribution is 8.27. The number of hydrogen-bond acceptors (Lipinski definition) is 3. The molecule has 116 valence electrons. The molecule has 23 heavy (non-hydrogen) atoms. The van der Waals surface area contributed by atoms with Crippen LogP contribution in [0.25, 0.3) is 6.08 Å². The van der Waals surface area contributed by atoms with Crippen LogP contribution in [0.2, 0.25) is 0 Å². The first-order valence-electron chi connectivity index (χ1n) is 6.45. The first kappa shape index (κ1) is 15.8. The number of benzene rings is 2. The van der Waals surface area contributed by atoms with Gasteiger partial charge in [-0.25, -0.2) is 13.2 Å². The van der Waals surface area contributed by atoms with Gasteiger partial charge in [-0.15, -0.1) is 0 Å². The average molecular weight is 351 g/mol. The van der Waals surface area contributed by atoms with Crippen LogP contribution in [0.3, 0.4) is 0 Å². The predicted octanol–water partition coefficient (Wildman–Crippen LogP) is 4.51. The quantitative estimate of drug-likeness (QED) is 0.587. The number of thiocarbonyl (C=S) groups is 1. The van der Waals surface area contributed by atoms with Gasteiger partial charge in [-0.3, -0.25) is 9.69 Å². The fourth-order valence-corrected chi connectivity index (χ4v) is 3.34. The van der Waals surface area contributed by atoms with Crippen LogP contribution in [0, 0.1) is 17.5 Å². The number of rotatable bonds is 2. The van der Waals surface area contributed by atoms with Gasteiger partial charge in [-0.2, -0.15) is 0 Å². The summed E-state index contributed by atoms with van der Waals surface area (Å²) in [6.07, 6.45) is 1.25. The topological polar surface area (TPSA) is 20.3 Å². The van der Waals surface area contributed by atoms with Crippen molar-refractivity contribution < 1.29 is 18.0 Å². The highest BCUT2D eigenvalue weighted by Crippen LogP contribution is 2.36. The number of carbonyl (C=O) groups excluding carboxylic acids is 1. The Kier molecular flexibility index (Phi) is 4.23. The Bertz CT molecular complexity index is 834. The molecule has 0 saturated carbocycles. The molecule has 1 fully saturated rings. The third-order valence-electron chi connectivity index (χ3n) is 3.15. The smallest absolute Gasteiger partial charge is 0.268 e. The molecule has 0 bridgehead atoms. The summed E-state index contributed by atoms with van der Waals surface area (Å²) >= 11 is 6.13. The van der Waals surface area contributed by atoms with Crippen molar-refractivity contribution in [2.75, 3.05) is 4.90 Å². The molecule has 0 spiro atoms. The first-order valence-corrected chi connectivity index (χ1v) is 7.67. The molecule has 1 aliphatic heterocycles. The maximum absolute atomic E-state index is 13.7. The minimum Gasteiger partial charge on any atom is -0.268 e. The zero-order chi connectivity index (χ0) is 16.6. The van der Waals surface area contributed by atoms with Crippen LogP contribution in [0.15, 0.2) is 47.4 Å². The molecule has 2 nitrogen and oxygen atoms in total.